The molecule has 0 saturated carbocycles. The molecule has 0 aliphatic rings. The van der Waals surface area contributed by atoms with Crippen molar-refractivity contribution < 1.29 is 19.9 Å². The molecule has 0 aliphatic carbocycles. The minimum atomic E-state index is -0.0488. The summed E-state index contributed by atoms with van der Waals surface area (Å²) in [7, 11) is 1.55. The number of rotatable bonds is 6. The topological polar surface area (TPSA) is 97.2 Å². The second kappa shape index (κ2) is 9.76. The molecular weight excluding hydrogens is 152 g/mol. The van der Waals surface area contributed by atoms with E-state index in [1.807, 2.05) is 0 Å². The van der Waals surface area contributed by atoms with Gasteiger partial charge in [0.25, 0.3) is 0 Å². The van der Waals surface area contributed by atoms with Gasteiger partial charge in [-0.25, -0.2) is 0 Å². The fourth-order valence-corrected chi connectivity index (χ4v) is 0.376. The number of aliphatic hydroxyl groups excluding tert-OH is 2. The normalized spacial score (nSPS) is 9.82. The smallest absolute Gasteiger partial charge is 0.0942 e. The summed E-state index contributed by atoms with van der Waals surface area (Å²) in [6.07, 6.45) is 0. The van der Waals surface area contributed by atoms with E-state index in [4.69, 9.17) is 19.9 Å². The van der Waals surface area contributed by atoms with E-state index in [1.54, 1.807) is 7.05 Å². The molecule has 0 bridgehead atoms. The van der Waals surface area contributed by atoms with Gasteiger partial charge >= 0.3 is 0 Å². The van der Waals surface area contributed by atoms with E-state index in [0.29, 0.717) is 0 Å². The highest BCUT2D eigenvalue weighted by molar-refractivity contribution is 4.18. The van der Waals surface area contributed by atoms with Gasteiger partial charge in [-0.2, -0.15) is 0 Å². The van der Waals surface area contributed by atoms with Crippen LogP contribution >= 0.6 is 0 Å². The minimum Gasteiger partial charge on any atom is -0.394 e. The number of hydroxylamine groups is 2. The van der Waals surface area contributed by atoms with Crippen molar-refractivity contribution in [3.63, 3.8) is 0 Å². The van der Waals surface area contributed by atoms with Crippen molar-refractivity contribution in [2.75, 3.05) is 33.5 Å². The van der Waals surface area contributed by atoms with Gasteiger partial charge in [0.15, 0.2) is 0 Å². The predicted molar refractivity (Wildman–Crippen MR) is 38.9 cm³/mol. The van der Waals surface area contributed by atoms with Gasteiger partial charge in [-0.3, -0.25) is 9.68 Å². The Morgan fingerprint density at radius 1 is 1.09 bits per heavy atom. The minimum absolute atomic E-state index is 0. The molecular formula is C5H16N2O4. The quantitative estimate of drug-likeness (QED) is 0.437. The van der Waals surface area contributed by atoms with Crippen LogP contribution in [0.1, 0.15) is 0 Å². The highest BCUT2D eigenvalue weighted by Crippen LogP contribution is 1.85. The van der Waals surface area contributed by atoms with Gasteiger partial charge in [0, 0.05) is 7.05 Å². The van der Waals surface area contributed by atoms with E-state index in [2.05, 4.69) is 0 Å². The van der Waals surface area contributed by atoms with Gasteiger partial charge in [-0.15, -0.1) is 0 Å². The summed E-state index contributed by atoms with van der Waals surface area (Å²) in [6, 6.07) is 0. The van der Waals surface area contributed by atoms with Crippen LogP contribution in [0.5, 0.6) is 0 Å². The van der Waals surface area contributed by atoms with Crippen LogP contribution in [0.4, 0.5) is 0 Å². The Morgan fingerprint density at radius 2 is 1.45 bits per heavy atom. The van der Waals surface area contributed by atoms with Crippen molar-refractivity contribution in [1.29, 1.82) is 0 Å². The summed E-state index contributed by atoms with van der Waals surface area (Å²) in [5.74, 6) is 0. The molecule has 0 aliphatic heterocycles. The van der Waals surface area contributed by atoms with Crippen molar-refractivity contribution in [3.8, 4) is 0 Å². The van der Waals surface area contributed by atoms with E-state index in [-0.39, 0.29) is 32.6 Å². The molecule has 6 nitrogen and oxygen atoms in total. The summed E-state index contributed by atoms with van der Waals surface area (Å²) in [4.78, 5) is 9.49. The monoisotopic (exact) mass is 168 g/mol. The summed E-state index contributed by atoms with van der Waals surface area (Å²) < 4.78 is 0. The number of nitrogens with zero attached hydrogens (tertiary/aromatic N) is 1. The van der Waals surface area contributed by atoms with E-state index >= 15 is 0 Å². The Morgan fingerprint density at radius 3 is 1.73 bits per heavy atom. The van der Waals surface area contributed by atoms with Gasteiger partial charge in [-0.1, -0.05) is 5.23 Å². The molecule has 0 spiro atoms. The molecule has 0 fully saturated rings. The molecule has 0 rings (SSSR count). The SMILES string of the molecule is CN(OCCO)OCCO.N. The van der Waals surface area contributed by atoms with E-state index in [1.165, 1.54) is 0 Å². The number of aliphatic hydroxyl groups is 2. The standard InChI is InChI=1S/C5H13NO4.H3N/c1-6(9-4-2-7)10-5-3-8;/h7-8H,2-5H2,1H3;1H3. The lowest BCUT2D eigenvalue weighted by atomic mass is 10.8. The van der Waals surface area contributed by atoms with Crippen molar-refractivity contribution in [3.05, 3.63) is 0 Å². The predicted octanol–water partition coefficient (Wildman–Crippen LogP) is -1.07. The van der Waals surface area contributed by atoms with Crippen LogP contribution < -0.4 is 6.15 Å². The first-order valence-corrected chi connectivity index (χ1v) is 3.02. The van der Waals surface area contributed by atoms with E-state index < -0.39 is 0 Å². The average molecular weight is 168 g/mol. The van der Waals surface area contributed by atoms with Crippen LogP contribution in [0.15, 0.2) is 0 Å². The van der Waals surface area contributed by atoms with Crippen LogP contribution in [0.2, 0.25) is 0 Å². The molecule has 6 heteroatoms. The van der Waals surface area contributed by atoms with Gasteiger partial charge in [0.1, 0.15) is 0 Å². The Bertz CT molecular complexity index is 65.5. The van der Waals surface area contributed by atoms with Crippen LogP contribution in [0.3, 0.4) is 0 Å². The second-order valence-corrected chi connectivity index (χ2v) is 1.55. The molecule has 0 amide bonds. The van der Waals surface area contributed by atoms with E-state index in [9.17, 15) is 0 Å². The summed E-state index contributed by atoms with van der Waals surface area (Å²) in [5, 5.41) is 17.7. The maximum Gasteiger partial charge on any atom is 0.0942 e. The molecule has 0 aromatic heterocycles. The fraction of sp³-hybridized carbons (Fsp3) is 1.00. The molecule has 0 heterocycles. The van der Waals surface area contributed by atoms with Crippen LogP contribution in [-0.4, -0.2) is 48.9 Å². The Kier molecular flexibility index (Phi) is 11.9. The molecule has 0 atom stereocenters. The lowest BCUT2D eigenvalue weighted by molar-refractivity contribution is -0.356. The summed E-state index contributed by atoms with van der Waals surface area (Å²) >= 11 is 0. The third-order valence-corrected chi connectivity index (χ3v) is 0.729. The zero-order valence-corrected chi connectivity index (χ0v) is 6.69. The lowest BCUT2D eigenvalue weighted by Crippen LogP contribution is -2.22. The first kappa shape index (κ1) is 13.4. The molecule has 70 valence electrons. The van der Waals surface area contributed by atoms with Crippen LogP contribution in [0, 0.1) is 0 Å². The van der Waals surface area contributed by atoms with Crippen LogP contribution in [-0.2, 0) is 9.68 Å². The summed E-state index contributed by atoms with van der Waals surface area (Å²) in [5.41, 5.74) is 0. The number of hydrogen-bond donors (Lipinski definition) is 3. The molecule has 0 saturated heterocycles. The van der Waals surface area contributed by atoms with Gasteiger partial charge in [0.2, 0.25) is 0 Å². The third kappa shape index (κ3) is 9.76. The van der Waals surface area contributed by atoms with Gasteiger partial charge in [-0.05, 0) is 0 Å². The lowest BCUT2D eigenvalue weighted by Gasteiger charge is -2.13. The highest BCUT2D eigenvalue weighted by atomic mass is 16.9. The Hall–Kier alpha value is -0.240. The third-order valence-electron chi connectivity index (χ3n) is 0.729. The number of hydrogen-bond acceptors (Lipinski definition) is 6. The maximum absolute atomic E-state index is 8.28. The Labute approximate surface area is 65.8 Å². The molecule has 0 aromatic carbocycles. The molecule has 0 aromatic rings. The molecule has 11 heavy (non-hydrogen) atoms. The van der Waals surface area contributed by atoms with Gasteiger partial charge in [0.05, 0.1) is 26.4 Å². The molecule has 0 radical (unpaired) electrons. The first-order chi connectivity index (χ1) is 4.81. The second-order valence-electron chi connectivity index (χ2n) is 1.55. The van der Waals surface area contributed by atoms with Gasteiger partial charge < -0.3 is 16.4 Å². The Balaban J connectivity index is 0. The van der Waals surface area contributed by atoms with Crippen molar-refractivity contribution in [2.45, 2.75) is 0 Å². The van der Waals surface area contributed by atoms with Crippen molar-refractivity contribution in [2.24, 2.45) is 0 Å². The zero-order chi connectivity index (χ0) is 7.82. The first-order valence-electron chi connectivity index (χ1n) is 3.02. The highest BCUT2D eigenvalue weighted by Gasteiger charge is 1.95. The summed E-state index contributed by atoms with van der Waals surface area (Å²) in [6.45, 7) is 0.295. The van der Waals surface area contributed by atoms with Crippen molar-refractivity contribution >= 4 is 0 Å². The largest absolute Gasteiger partial charge is 0.394 e. The van der Waals surface area contributed by atoms with Crippen molar-refractivity contribution in [1.82, 2.24) is 11.4 Å². The maximum atomic E-state index is 8.28. The van der Waals surface area contributed by atoms with Crippen LogP contribution in [0.25, 0.3) is 0 Å². The average Bonchev–Trinajstić information content (AvgIpc) is 1.97. The molecule has 0 unspecified atom stereocenters. The molecule has 5 N–H and O–H groups in total. The van der Waals surface area contributed by atoms with E-state index in [0.717, 1.165) is 5.23 Å². The zero-order valence-electron chi connectivity index (χ0n) is 6.69. The fourth-order valence-electron chi connectivity index (χ4n) is 0.376.